The third kappa shape index (κ3) is 2.97. The molecule has 3 nitrogen and oxygen atoms in total. The van der Waals surface area contributed by atoms with Crippen molar-refractivity contribution in [2.24, 2.45) is 0 Å². The molecule has 0 radical (unpaired) electrons. The molecule has 1 rings (SSSR count). The number of thiol groups is 1. The Kier molecular flexibility index (Phi) is 4.32. The second-order valence-corrected chi connectivity index (χ2v) is 3.78. The molecule has 0 saturated heterocycles. The standard InChI is InChI=1S/C11H11FN2OS/c1-14(6-2-5-13)11(15)8-3-4-9(12)10(16)7-8/h3-4,7,16H,2,6H2,1H3. The van der Waals surface area contributed by atoms with E-state index in [1.165, 1.54) is 23.1 Å². The van der Waals surface area contributed by atoms with E-state index >= 15 is 0 Å². The summed E-state index contributed by atoms with van der Waals surface area (Å²) < 4.78 is 12.9. The first-order valence-electron chi connectivity index (χ1n) is 4.67. The Balaban J connectivity index is 2.80. The lowest BCUT2D eigenvalue weighted by Crippen LogP contribution is -2.27. The first-order chi connectivity index (χ1) is 7.56. The van der Waals surface area contributed by atoms with E-state index in [-0.39, 0.29) is 17.2 Å². The van der Waals surface area contributed by atoms with Crippen molar-refractivity contribution in [3.8, 4) is 6.07 Å². The summed E-state index contributed by atoms with van der Waals surface area (Å²) in [6.07, 6.45) is 0.275. The van der Waals surface area contributed by atoms with E-state index in [0.717, 1.165) is 0 Å². The van der Waals surface area contributed by atoms with Crippen LogP contribution in [-0.2, 0) is 0 Å². The molecule has 0 saturated carbocycles. The van der Waals surface area contributed by atoms with Gasteiger partial charge in [-0.1, -0.05) is 0 Å². The number of hydrogen-bond donors (Lipinski definition) is 1. The van der Waals surface area contributed by atoms with Crippen LogP contribution < -0.4 is 0 Å². The smallest absolute Gasteiger partial charge is 0.253 e. The van der Waals surface area contributed by atoms with Crippen molar-refractivity contribution >= 4 is 18.5 Å². The predicted octanol–water partition coefficient (Wildman–Crippen LogP) is 2.10. The van der Waals surface area contributed by atoms with Gasteiger partial charge in [0.2, 0.25) is 0 Å². The molecule has 0 aromatic heterocycles. The monoisotopic (exact) mass is 238 g/mol. The topological polar surface area (TPSA) is 44.1 Å². The molecule has 0 unspecified atom stereocenters. The maximum atomic E-state index is 12.9. The highest BCUT2D eigenvalue weighted by Gasteiger charge is 2.12. The summed E-state index contributed by atoms with van der Waals surface area (Å²) in [5.74, 6) is -0.704. The quantitative estimate of drug-likeness (QED) is 0.819. The minimum Gasteiger partial charge on any atom is -0.341 e. The molecule has 5 heteroatoms. The summed E-state index contributed by atoms with van der Waals surface area (Å²) >= 11 is 3.90. The molecule has 16 heavy (non-hydrogen) atoms. The summed E-state index contributed by atoms with van der Waals surface area (Å²) in [4.78, 5) is 13.3. The first kappa shape index (κ1) is 12.5. The van der Waals surface area contributed by atoms with Crippen molar-refractivity contribution in [1.29, 1.82) is 5.26 Å². The van der Waals surface area contributed by atoms with Gasteiger partial charge in [-0.15, -0.1) is 12.6 Å². The Labute approximate surface area is 98.9 Å². The largest absolute Gasteiger partial charge is 0.341 e. The number of rotatable bonds is 3. The van der Waals surface area contributed by atoms with Gasteiger partial charge in [-0.25, -0.2) is 4.39 Å². The number of halogens is 1. The van der Waals surface area contributed by atoms with E-state index in [2.05, 4.69) is 12.6 Å². The van der Waals surface area contributed by atoms with Gasteiger partial charge in [0.25, 0.3) is 5.91 Å². The lowest BCUT2D eigenvalue weighted by molar-refractivity contribution is 0.0797. The van der Waals surface area contributed by atoms with Gasteiger partial charge in [-0.3, -0.25) is 4.79 Å². The van der Waals surface area contributed by atoms with Crippen molar-refractivity contribution in [2.45, 2.75) is 11.3 Å². The summed E-state index contributed by atoms with van der Waals surface area (Å²) in [5.41, 5.74) is 0.367. The number of amides is 1. The van der Waals surface area contributed by atoms with Crippen molar-refractivity contribution in [1.82, 2.24) is 4.90 Å². The SMILES string of the molecule is CN(CCC#N)C(=O)c1ccc(F)c(S)c1. The Morgan fingerprint density at radius 1 is 1.62 bits per heavy atom. The summed E-state index contributed by atoms with van der Waals surface area (Å²) in [7, 11) is 1.60. The van der Waals surface area contributed by atoms with Gasteiger partial charge in [-0.05, 0) is 18.2 Å². The zero-order valence-corrected chi connectivity index (χ0v) is 9.67. The predicted molar refractivity (Wildman–Crippen MR) is 60.8 cm³/mol. The lowest BCUT2D eigenvalue weighted by Gasteiger charge is -2.15. The van der Waals surface area contributed by atoms with Crippen molar-refractivity contribution < 1.29 is 9.18 Å². The molecule has 0 aliphatic rings. The van der Waals surface area contributed by atoms with Crippen LogP contribution in [0.3, 0.4) is 0 Å². The fourth-order valence-electron chi connectivity index (χ4n) is 1.19. The molecule has 0 atom stereocenters. The molecule has 84 valence electrons. The van der Waals surface area contributed by atoms with Gasteiger partial charge < -0.3 is 4.90 Å². The molecule has 0 fully saturated rings. The van der Waals surface area contributed by atoms with E-state index in [4.69, 9.17) is 5.26 Å². The highest BCUT2D eigenvalue weighted by Crippen LogP contribution is 2.15. The number of carbonyl (C=O) groups excluding carboxylic acids is 1. The van der Waals surface area contributed by atoms with E-state index in [0.29, 0.717) is 12.1 Å². The summed E-state index contributed by atoms with van der Waals surface area (Å²) in [6.45, 7) is 0.356. The van der Waals surface area contributed by atoms with Crippen LogP contribution in [0.15, 0.2) is 23.1 Å². The lowest BCUT2D eigenvalue weighted by atomic mass is 10.2. The second-order valence-electron chi connectivity index (χ2n) is 3.30. The van der Waals surface area contributed by atoms with Crippen LogP contribution in [0.4, 0.5) is 4.39 Å². The third-order valence-corrected chi connectivity index (χ3v) is 2.44. The Morgan fingerprint density at radius 3 is 2.88 bits per heavy atom. The zero-order valence-electron chi connectivity index (χ0n) is 8.77. The van der Waals surface area contributed by atoms with E-state index < -0.39 is 5.82 Å². The molecule has 0 spiro atoms. The third-order valence-electron chi connectivity index (χ3n) is 2.10. The second kappa shape index (κ2) is 5.52. The van der Waals surface area contributed by atoms with E-state index in [1.54, 1.807) is 7.05 Å². The van der Waals surface area contributed by atoms with E-state index in [9.17, 15) is 9.18 Å². The average molecular weight is 238 g/mol. The van der Waals surface area contributed by atoms with Crippen LogP contribution >= 0.6 is 12.6 Å². The number of hydrogen-bond acceptors (Lipinski definition) is 3. The molecule has 0 aliphatic heterocycles. The Hall–Kier alpha value is -1.54. The van der Waals surface area contributed by atoms with Crippen molar-refractivity contribution in [3.05, 3.63) is 29.6 Å². The first-order valence-corrected chi connectivity index (χ1v) is 5.12. The van der Waals surface area contributed by atoms with Crippen molar-refractivity contribution in [3.63, 3.8) is 0 Å². The molecule has 0 aliphatic carbocycles. The number of carbonyl (C=O) groups is 1. The minimum absolute atomic E-state index is 0.138. The number of benzene rings is 1. The summed E-state index contributed by atoms with van der Waals surface area (Å²) in [6, 6.07) is 5.94. The number of nitriles is 1. The highest BCUT2D eigenvalue weighted by molar-refractivity contribution is 7.80. The molecular formula is C11H11FN2OS. The van der Waals surface area contributed by atoms with E-state index in [1.807, 2.05) is 6.07 Å². The Morgan fingerprint density at radius 2 is 2.31 bits per heavy atom. The Bertz CT molecular complexity index is 442. The zero-order chi connectivity index (χ0) is 12.1. The number of nitrogens with zero attached hydrogens (tertiary/aromatic N) is 2. The maximum absolute atomic E-state index is 12.9. The van der Waals surface area contributed by atoms with Crippen LogP contribution in [0.5, 0.6) is 0 Å². The molecule has 0 heterocycles. The molecule has 1 amide bonds. The maximum Gasteiger partial charge on any atom is 0.253 e. The normalized spacial score (nSPS) is 9.62. The summed E-state index contributed by atoms with van der Waals surface area (Å²) in [5, 5.41) is 8.40. The molecule has 1 aromatic carbocycles. The highest BCUT2D eigenvalue weighted by atomic mass is 32.1. The van der Waals surface area contributed by atoms with Crippen LogP contribution in [-0.4, -0.2) is 24.4 Å². The van der Waals surface area contributed by atoms with Gasteiger partial charge in [-0.2, -0.15) is 5.26 Å². The van der Waals surface area contributed by atoms with Crippen LogP contribution in [0, 0.1) is 17.1 Å². The van der Waals surface area contributed by atoms with Gasteiger partial charge in [0.05, 0.1) is 12.5 Å². The fraction of sp³-hybridized carbons (Fsp3) is 0.273. The molecule has 0 bridgehead atoms. The van der Waals surface area contributed by atoms with Crippen LogP contribution in [0.2, 0.25) is 0 Å². The minimum atomic E-state index is -0.459. The molecular weight excluding hydrogens is 227 g/mol. The van der Waals surface area contributed by atoms with Gasteiger partial charge >= 0.3 is 0 Å². The fourth-order valence-corrected chi connectivity index (χ4v) is 1.40. The average Bonchev–Trinajstić information content (AvgIpc) is 2.28. The van der Waals surface area contributed by atoms with Crippen molar-refractivity contribution in [2.75, 3.05) is 13.6 Å². The van der Waals surface area contributed by atoms with Gasteiger partial charge in [0.15, 0.2) is 0 Å². The van der Waals surface area contributed by atoms with Gasteiger partial charge in [0.1, 0.15) is 5.82 Å². The van der Waals surface area contributed by atoms with Crippen LogP contribution in [0.1, 0.15) is 16.8 Å². The molecule has 0 N–H and O–H groups in total. The molecule has 1 aromatic rings. The van der Waals surface area contributed by atoms with Gasteiger partial charge in [0, 0.05) is 24.1 Å². The van der Waals surface area contributed by atoms with Crippen LogP contribution in [0.25, 0.3) is 0 Å².